The summed E-state index contributed by atoms with van der Waals surface area (Å²) >= 11 is 0. The zero-order valence-corrected chi connectivity index (χ0v) is 15.8. The Morgan fingerprint density at radius 1 is 1.08 bits per heavy atom. The molecule has 26 heavy (non-hydrogen) atoms. The third kappa shape index (κ3) is 5.31. The van der Waals surface area contributed by atoms with Crippen LogP contribution in [-0.4, -0.2) is 29.9 Å². The lowest BCUT2D eigenvalue weighted by Crippen LogP contribution is -2.44. The van der Waals surface area contributed by atoms with Crippen molar-refractivity contribution in [3.8, 4) is 0 Å². The number of benzene rings is 1. The first-order valence-electron chi connectivity index (χ1n) is 10.1. The van der Waals surface area contributed by atoms with Gasteiger partial charge in [0.1, 0.15) is 0 Å². The Labute approximate surface area is 156 Å². The van der Waals surface area contributed by atoms with Crippen LogP contribution >= 0.6 is 0 Å². The Morgan fingerprint density at radius 2 is 1.81 bits per heavy atom. The van der Waals surface area contributed by atoms with Crippen molar-refractivity contribution in [3.63, 3.8) is 0 Å². The Hall–Kier alpha value is -1.88. The second-order valence-electron chi connectivity index (χ2n) is 7.73. The Morgan fingerprint density at radius 3 is 2.54 bits per heavy atom. The number of carbonyl (C=O) groups is 1. The standard InChI is InChI=1S/C21H32N4O/c1-15(26)16-8-7-11-18(14-16)24-21(23-17-9-3-2-4-10-17)25-20-13-6-5-12-19(20)22/h7-8,11,14,17,19-20H,2-6,9-10,12-13,22H2,1H3,(H2,23,24,25)/t19-,20-/m0/s1. The van der Waals surface area contributed by atoms with Crippen molar-refractivity contribution in [1.82, 2.24) is 5.32 Å². The first-order valence-corrected chi connectivity index (χ1v) is 10.1. The Balaban J connectivity index is 1.77. The minimum atomic E-state index is 0.0710. The van der Waals surface area contributed by atoms with Gasteiger partial charge in [-0.3, -0.25) is 4.79 Å². The molecule has 4 N–H and O–H groups in total. The fraction of sp³-hybridized carbons (Fsp3) is 0.619. The van der Waals surface area contributed by atoms with Crippen LogP contribution in [-0.2, 0) is 0 Å². The molecule has 1 aromatic carbocycles. The zero-order chi connectivity index (χ0) is 18.4. The lowest BCUT2D eigenvalue weighted by Gasteiger charge is -2.29. The van der Waals surface area contributed by atoms with Crippen LogP contribution in [0.1, 0.15) is 75.1 Å². The van der Waals surface area contributed by atoms with Crippen LogP contribution < -0.4 is 16.4 Å². The van der Waals surface area contributed by atoms with E-state index in [4.69, 9.17) is 10.7 Å². The summed E-state index contributed by atoms with van der Waals surface area (Å²) in [6.07, 6.45) is 10.7. The minimum absolute atomic E-state index is 0.0710. The second-order valence-corrected chi connectivity index (χ2v) is 7.73. The number of nitrogens with two attached hydrogens (primary N) is 1. The lowest BCUT2D eigenvalue weighted by molar-refractivity contribution is 0.101. The van der Waals surface area contributed by atoms with Gasteiger partial charge in [-0.05, 0) is 44.7 Å². The highest BCUT2D eigenvalue weighted by Crippen LogP contribution is 2.21. The molecule has 2 aliphatic carbocycles. The first kappa shape index (κ1) is 18.9. The molecular weight excluding hydrogens is 324 g/mol. The fourth-order valence-corrected chi connectivity index (χ4v) is 3.96. The molecule has 0 radical (unpaired) electrons. The maximum Gasteiger partial charge on any atom is 0.196 e. The Kier molecular flexibility index (Phi) is 6.67. The van der Waals surface area contributed by atoms with Crippen LogP contribution in [0.4, 0.5) is 5.69 Å². The lowest BCUT2D eigenvalue weighted by atomic mass is 9.91. The number of hydrogen-bond acceptors (Lipinski definition) is 3. The smallest absolute Gasteiger partial charge is 0.196 e. The summed E-state index contributed by atoms with van der Waals surface area (Å²) in [6, 6.07) is 8.38. The molecule has 0 aromatic heterocycles. The van der Waals surface area contributed by atoms with Gasteiger partial charge < -0.3 is 16.4 Å². The summed E-state index contributed by atoms with van der Waals surface area (Å²) in [4.78, 5) is 16.6. The summed E-state index contributed by atoms with van der Waals surface area (Å²) in [5, 5.41) is 7.04. The average Bonchev–Trinajstić information content (AvgIpc) is 2.64. The zero-order valence-electron chi connectivity index (χ0n) is 15.8. The van der Waals surface area contributed by atoms with Gasteiger partial charge in [0.2, 0.25) is 0 Å². The molecule has 0 bridgehead atoms. The summed E-state index contributed by atoms with van der Waals surface area (Å²) in [6.45, 7) is 1.59. The van der Waals surface area contributed by atoms with Gasteiger partial charge in [0, 0.05) is 23.3 Å². The number of ketones is 1. The molecule has 2 saturated carbocycles. The molecule has 1 aromatic rings. The summed E-state index contributed by atoms with van der Waals surface area (Å²) in [5.41, 5.74) is 7.91. The largest absolute Gasteiger partial charge is 0.353 e. The van der Waals surface area contributed by atoms with E-state index in [1.807, 2.05) is 24.3 Å². The number of anilines is 1. The van der Waals surface area contributed by atoms with Crippen LogP contribution in [0.3, 0.4) is 0 Å². The molecule has 0 unspecified atom stereocenters. The highest BCUT2D eigenvalue weighted by atomic mass is 16.1. The third-order valence-corrected chi connectivity index (χ3v) is 5.55. The molecule has 3 rings (SSSR count). The summed E-state index contributed by atoms with van der Waals surface area (Å²) in [5.74, 6) is 0.877. The molecule has 0 aliphatic heterocycles. The van der Waals surface area contributed by atoms with Gasteiger partial charge in [-0.2, -0.15) is 0 Å². The van der Waals surface area contributed by atoms with Crippen molar-refractivity contribution in [2.75, 3.05) is 5.32 Å². The number of nitrogens with one attached hydrogen (secondary N) is 2. The van der Waals surface area contributed by atoms with E-state index in [1.165, 1.54) is 44.9 Å². The normalized spacial score (nSPS) is 24.9. The fourth-order valence-electron chi connectivity index (χ4n) is 3.96. The number of nitrogens with zero attached hydrogens (tertiary/aromatic N) is 1. The van der Waals surface area contributed by atoms with Crippen LogP contribution in [0.2, 0.25) is 0 Å². The highest BCUT2D eigenvalue weighted by Gasteiger charge is 2.23. The number of hydrogen-bond donors (Lipinski definition) is 3. The predicted molar refractivity (Wildman–Crippen MR) is 108 cm³/mol. The van der Waals surface area contributed by atoms with Gasteiger partial charge >= 0.3 is 0 Å². The van der Waals surface area contributed by atoms with Gasteiger partial charge in [-0.15, -0.1) is 0 Å². The molecule has 2 aliphatic rings. The van der Waals surface area contributed by atoms with E-state index in [2.05, 4.69) is 10.6 Å². The number of rotatable bonds is 4. The minimum Gasteiger partial charge on any atom is -0.353 e. The molecule has 0 amide bonds. The molecule has 0 saturated heterocycles. The van der Waals surface area contributed by atoms with E-state index < -0.39 is 0 Å². The number of aliphatic imine (C=N–C) groups is 1. The van der Waals surface area contributed by atoms with E-state index in [0.29, 0.717) is 11.6 Å². The molecule has 5 nitrogen and oxygen atoms in total. The van der Waals surface area contributed by atoms with Crippen molar-refractivity contribution in [2.45, 2.75) is 82.8 Å². The van der Waals surface area contributed by atoms with Crippen LogP contribution in [0.15, 0.2) is 29.3 Å². The molecule has 0 spiro atoms. The molecule has 0 heterocycles. The first-order chi connectivity index (χ1) is 12.6. The van der Waals surface area contributed by atoms with Gasteiger partial charge in [0.05, 0.1) is 6.04 Å². The molecule has 2 atom stereocenters. The van der Waals surface area contributed by atoms with E-state index in [1.54, 1.807) is 6.92 Å². The van der Waals surface area contributed by atoms with Gasteiger partial charge in [0.15, 0.2) is 11.7 Å². The van der Waals surface area contributed by atoms with E-state index in [0.717, 1.165) is 24.5 Å². The molecule has 2 fully saturated rings. The SMILES string of the molecule is CC(=O)c1cccc(NC(=N[C@H]2CCCC[C@@H]2N)NC2CCCCC2)c1. The van der Waals surface area contributed by atoms with Gasteiger partial charge in [0.25, 0.3) is 0 Å². The van der Waals surface area contributed by atoms with Crippen molar-refractivity contribution >= 4 is 17.4 Å². The molecular formula is C21H32N4O. The number of carbonyl (C=O) groups excluding carboxylic acids is 1. The molecule has 5 heteroatoms. The van der Waals surface area contributed by atoms with Gasteiger partial charge in [-0.1, -0.05) is 44.2 Å². The average molecular weight is 357 g/mol. The van der Waals surface area contributed by atoms with Crippen molar-refractivity contribution in [2.24, 2.45) is 10.7 Å². The van der Waals surface area contributed by atoms with Crippen LogP contribution in [0.5, 0.6) is 0 Å². The van der Waals surface area contributed by atoms with E-state index in [9.17, 15) is 4.79 Å². The predicted octanol–water partition coefficient (Wildman–Crippen LogP) is 3.85. The number of Topliss-reactive ketones (excluding diaryl/α,β-unsaturated/α-hetero) is 1. The quantitative estimate of drug-likeness (QED) is 0.435. The summed E-state index contributed by atoms with van der Waals surface area (Å²) in [7, 11) is 0. The van der Waals surface area contributed by atoms with Crippen molar-refractivity contribution < 1.29 is 4.79 Å². The van der Waals surface area contributed by atoms with E-state index >= 15 is 0 Å². The van der Waals surface area contributed by atoms with Crippen molar-refractivity contribution in [1.29, 1.82) is 0 Å². The van der Waals surface area contributed by atoms with Gasteiger partial charge in [-0.25, -0.2) is 4.99 Å². The maximum absolute atomic E-state index is 11.7. The van der Waals surface area contributed by atoms with Crippen molar-refractivity contribution in [3.05, 3.63) is 29.8 Å². The Bertz CT molecular complexity index is 637. The second kappa shape index (κ2) is 9.17. The summed E-state index contributed by atoms with van der Waals surface area (Å²) < 4.78 is 0. The monoisotopic (exact) mass is 356 g/mol. The number of guanidine groups is 1. The maximum atomic E-state index is 11.7. The highest BCUT2D eigenvalue weighted by molar-refractivity contribution is 5.98. The molecule has 142 valence electrons. The third-order valence-electron chi connectivity index (χ3n) is 5.55. The topological polar surface area (TPSA) is 79.5 Å². The van der Waals surface area contributed by atoms with Crippen LogP contribution in [0.25, 0.3) is 0 Å². The van der Waals surface area contributed by atoms with Crippen LogP contribution in [0, 0.1) is 0 Å². The van der Waals surface area contributed by atoms with E-state index in [-0.39, 0.29) is 17.9 Å².